The van der Waals surface area contributed by atoms with E-state index in [9.17, 15) is 4.79 Å². The fourth-order valence-electron chi connectivity index (χ4n) is 2.31. The van der Waals surface area contributed by atoms with Crippen LogP contribution >= 0.6 is 27.3 Å². The van der Waals surface area contributed by atoms with E-state index in [4.69, 9.17) is 10.5 Å². The normalized spacial score (nSPS) is 16.6. The number of rotatable bonds is 6. The summed E-state index contributed by atoms with van der Waals surface area (Å²) in [6.07, 6.45) is 3.58. The molecule has 0 aliphatic carbocycles. The maximum absolute atomic E-state index is 12.2. The van der Waals surface area contributed by atoms with E-state index in [2.05, 4.69) is 15.9 Å². The second-order valence-electron chi connectivity index (χ2n) is 4.98. The van der Waals surface area contributed by atoms with Gasteiger partial charge in [-0.25, -0.2) is 0 Å². The van der Waals surface area contributed by atoms with Gasteiger partial charge in [0.2, 0.25) is 5.91 Å². The molecule has 1 amide bonds. The van der Waals surface area contributed by atoms with Crippen LogP contribution in [0.1, 0.15) is 24.1 Å². The van der Waals surface area contributed by atoms with Gasteiger partial charge in [0.1, 0.15) is 0 Å². The topological polar surface area (TPSA) is 55.6 Å². The van der Waals surface area contributed by atoms with Crippen molar-refractivity contribution >= 4 is 33.2 Å². The van der Waals surface area contributed by atoms with Crippen molar-refractivity contribution in [2.45, 2.75) is 31.8 Å². The van der Waals surface area contributed by atoms with Crippen molar-refractivity contribution in [3.63, 3.8) is 0 Å². The molecule has 1 aromatic rings. The highest BCUT2D eigenvalue weighted by atomic mass is 79.9. The Bertz CT molecular complexity index is 431. The van der Waals surface area contributed by atoms with Crippen LogP contribution in [-0.2, 0) is 16.0 Å². The molecule has 2 N–H and O–H groups in total. The van der Waals surface area contributed by atoms with E-state index in [-0.39, 0.29) is 5.91 Å². The van der Waals surface area contributed by atoms with Crippen LogP contribution in [0, 0.1) is 0 Å². The molecular weight excluding hydrogens is 340 g/mol. The van der Waals surface area contributed by atoms with Crippen LogP contribution in [0.25, 0.3) is 0 Å². The van der Waals surface area contributed by atoms with Crippen molar-refractivity contribution in [1.29, 1.82) is 0 Å². The lowest BCUT2D eigenvalue weighted by molar-refractivity contribution is -0.133. The highest BCUT2D eigenvalue weighted by Gasteiger charge is 2.23. The fourth-order valence-corrected chi connectivity index (χ4v) is 3.79. The van der Waals surface area contributed by atoms with Crippen LogP contribution < -0.4 is 5.73 Å². The summed E-state index contributed by atoms with van der Waals surface area (Å²) >= 11 is 5.05. The molecule has 1 fully saturated rings. The summed E-state index contributed by atoms with van der Waals surface area (Å²) in [6.45, 7) is 3.02. The molecular formula is C14H21BrN2O2S. The summed E-state index contributed by atoms with van der Waals surface area (Å²) in [7, 11) is 0. The number of halogens is 1. The zero-order chi connectivity index (χ0) is 14.4. The van der Waals surface area contributed by atoms with Crippen molar-refractivity contribution in [2.75, 3.05) is 26.2 Å². The van der Waals surface area contributed by atoms with Gasteiger partial charge >= 0.3 is 0 Å². The van der Waals surface area contributed by atoms with E-state index in [0.717, 1.165) is 47.6 Å². The Morgan fingerprint density at radius 2 is 2.20 bits per heavy atom. The second kappa shape index (κ2) is 8.12. The first kappa shape index (κ1) is 15.9. The molecule has 20 heavy (non-hydrogen) atoms. The van der Waals surface area contributed by atoms with Gasteiger partial charge in [0.25, 0.3) is 0 Å². The van der Waals surface area contributed by atoms with Crippen LogP contribution in [0.4, 0.5) is 0 Å². The van der Waals surface area contributed by atoms with Crippen molar-refractivity contribution in [1.82, 2.24) is 4.90 Å². The second-order valence-corrected chi connectivity index (χ2v) is 7.52. The molecule has 0 radical (unpaired) electrons. The molecule has 2 rings (SSSR count). The fraction of sp³-hybridized carbons (Fsp3) is 0.643. The molecule has 4 nitrogen and oxygen atoms in total. The number of nitrogens with two attached hydrogens (primary N) is 1. The largest absolute Gasteiger partial charge is 0.378 e. The first-order valence-corrected chi connectivity index (χ1v) is 8.63. The summed E-state index contributed by atoms with van der Waals surface area (Å²) in [5.74, 6) is 0.222. The molecule has 0 atom stereocenters. The predicted octanol–water partition coefficient (Wildman–Crippen LogP) is 2.41. The number of carbonyl (C=O) groups excluding carboxylic acids is 1. The van der Waals surface area contributed by atoms with Gasteiger partial charge in [0.05, 0.1) is 16.3 Å². The summed E-state index contributed by atoms with van der Waals surface area (Å²) < 4.78 is 6.83. The Labute approximate surface area is 132 Å². The molecule has 0 unspecified atom stereocenters. The molecule has 0 saturated carbocycles. The molecule has 1 aromatic heterocycles. The van der Waals surface area contributed by atoms with Gasteiger partial charge in [-0.1, -0.05) is 0 Å². The van der Waals surface area contributed by atoms with Gasteiger partial charge in [-0.15, -0.1) is 11.3 Å². The van der Waals surface area contributed by atoms with E-state index < -0.39 is 0 Å². The first-order valence-electron chi connectivity index (χ1n) is 7.02. The minimum Gasteiger partial charge on any atom is -0.378 e. The predicted molar refractivity (Wildman–Crippen MR) is 84.9 cm³/mol. The van der Waals surface area contributed by atoms with Crippen LogP contribution in [0.3, 0.4) is 0 Å². The van der Waals surface area contributed by atoms with Crippen LogP contribution in [-0.4, -0.2) is 43.2 Å². The highest BCUT2D eigenvalue weighted by molar-refractivity contribution is 9.11. The van der Waals surface area contributed by atoms with Crippen molar-refractivity contribution in [3.05, 3.63) is 20.8 Å². The zero-order valence-corrected chi connectivity index (χ0v) is 13.9. The lowest BCUT2D eigenvalue weighted by atomic mass is 10.1. The average molecular weight is 361 g/mol. The van der Waals surface area contributed by atoms with Crippen molar-refractivity contribution in [3.8, 4) is 0 Å². The van der Waals surface area contributed by atoms with Crippen molar-refractivity contribution < 1.29 is 9.53 Å². The zero-order valence-electron chi connectivity index (χ0n) is 11.5. The van der Waals surface area contributed by atoms with E-state index in [1.54, 1.807) is 11.3 Å². The minimum atomic E-state index is 0.222. The number of piperidine rings is 1. The number of amides is 1. The monoisotopic (exact) mass is 360 g/mol. The van der Waals surface area contributed by atoms with Crippen LogP contribution in [0.2, 0.25) is 0 Å². The number of nitrogens with zero attached hydrogens (tertiary/aromatic N) is 1. The van der Waals surface area contributed by atoms with E-state index in [1.165, 1.54) is 0 Å². The lowest BCUT2D eigenvalue weighted by Crippen LogP contribution is -2.41. The molecule has 0 spiro atoms. The number of likely N-dealkylation sites (tertiary alicyclic amines) is 1. The quantitative estimate of drug-likeness (QED) is 0.792. The Morgan fingerprint density at radius 3 is 2.80 bits per heavy atom. The molecule has 112 valence electrons. The molecule has 1 saturated heterocycles. The third-order valence-electron chi connectivity index (χ3n) is 3.45. The molecule has 0 aromatic carbocycles. The molecule has 2 heterocycles. The van der Waals surface area contributed by atoms with E-state index >= 15 is 0 Å². The van der Waals surface area contributed by atoms with E-state index in [0.29, 0.717) is 19.1 Å². The molecule has 0 bridgehead atoms. The maximum Gasteiger partial charge on any atom is 0.227 e. The van der Waals surface area contributed by atoms with Gasteiger partial charge in [-0.05, 0) is 53.9 Å². The van der Waals surface area contributed by atoms with Gasteiger partial charge < -0.3 is 15.4 Å². The Hall–Kier alpha value is -0.430. The van der Waals surface area contributed by atoms with Gasteiger partial charge in [-0.2, -0.15) is 0 Å². The first-order chi connectivity index (χ1) is 9.69. The smallest absolute Gasteiger partial charge is 0.227 e. The highest BCUT2D eigenvalue weighted by Crippen LogP contribution is 2.23. The summed E-state index contributed by atoms with van der Waals surface area (Å²) in [6, 6.07) is 4.00. The third kappa shape index (κ3) is 4.84. The number of hydrogen-bond acceptors (Lipinski definition) is 4. The third-order valence-corrected chi connectivity index (χ3v) is 5.07. The molecule has 1 aliphatic rings. The summed E-state index contributed by atoms with van der Waals surface area (Å²) in [5, 5.41) is 0. The van der Waals surface area contributed by atoms with Gasteiger partial charge in [-0.3, -0.25) is 4.79 Å². The van der Waals surface area contributed by atoms with Crippen molar-refractivity contribution in [2.24, 2.45) is 5.73 Å². The molecule has 1 aliphatic heterocycles. The lowest BCUT2D eigenvalue weighted by Gasteiger charge is -2.32. The standard InChI is InChI=1S/C14H21BrN2O2S/c15-13-3-2-12(20-13)10-14(18)17-7-4-11(5-8-17)19-9-1-6-16/h2-3,11H,1,4-10,16H2. The van der Waals surface area contributed by atoms with Gasteiger partial charge in [0.15, 0.2) is 0 Å². The summed E-state index contributed by atoms with van der Waals surface area (Å²) in [4.78, 5) is 15.3. The average Bonchev–Trinajstić information content (AvgIpc) is 2.85. The SMILES string of the molecule is NCCCOC1CCN(C(=O)Cc2ccc(Br)s2)CC1. The Kier molecular flexibility index (Phi) is 6.48. The van der Waals surface area contributed by atoms with Crippen LogP contribution in [0.15, 0.2) is 15.9 Å². The number of hydrogen-bond donors (Lipinski definition) is 1. The molecule has 6 heteroatoms. The Morgan fingerprint density at radius 1 is 1.45 bits per heavy atom. The van der Waals surface area contributed by atoms with E-state index in [1.807, 2.05) is 17.0 Å². The van der Waals surface area contributed by atoms with Crippen LogP contribution in [0.5, 0.6) is 0 Å². The minimum absolute atomic E-state index is 0.222. The number of carbonyl (C=O) groups is 1. The van der Waals surface area contributed by atoms with Gasteiger partial charge in [0, 0.05) is 24.6 Å². The number of ether oxygens (including phenoxy) is 1. The summed E-state index contributed by atoms with van der Waals surface area (Å²) in [5.41, 5.74) is 5.45. The Balaban J connectivity index is 1.71. The number of thiophene rings is 1. The maximum atomic E-state index is 12.2.